The van der Waals surface area contributed by atoms with Crippen molar-refractivity contribution in [3.05, 3.63) is 82.7 Å². The van der Waals surface area contributed by atoms with Crippen molar-refractivity contribution >= 4 is 34.3 Å². The van der Waals surface area contributed by atoms with E-state index in [1.165, 1.54) is 5.56 Å². The number of H-pyrrole nitrogens is 1. The number of aromatic nitrogens is 2. The van der Waals surface area contributed by atoms with Crippen LogP contribution in [0.25, 0.3) is 22.7 Å². The molecule has 0 unspecified atom stereocenters. The number of hydrogen-bond acceptors (Lipinski definition) is 5. The number of nitriles is 1. The fourth-order valence-corrected chi connectivity index (χ4v) is 4.53. The van der Waals surface area contributed by atoms with Gasteiger partial charge < -0.3 is 19.4 Å². The molecule has 0 fully saturated rings. The molecule has 5 rings (SSSR count). The average Bonchev–Trinajstić information content (AvgIpc) is 3.51. The van der Waals surface area contributed by atoms with Crippen LogP contribution >= 0.6 is 0 Å². The highest BCUT2D eigenvalue weighted by atomic mass is 16.5. The van der Waals surface area contributed by atoms with Crippen molar-refractivity contribution in [1.29, 1.82) is 5.26 Å². The topological polar surface area (TPSA) is 91.2 Å². The Morgan fingerprint density at radius 2 is 1.92 bits per heavy atom. The van der Waals surface area contributed by atoms with Gasteiger partial charge in [0.1, 0.15) is 11.9 Å². The van der Waals surface area contributed by atoms with Gasteiger partial charge in [0.2, 0.25) is 0 Å². The molecule has 1 aliphatic rings. The number of aryl methyl sites for hydroxylation is 2. The number of fused-ring (bicyclic) bond motifs is 2. The molecular weight excluding hydrogens is 464 g/mol. The van der Waals surface area contributed by atoms with Crippen molar-refractivity contribution in [2.45, 2.75) is 27.2 Å². The summed E-state index contributed by atoms with van der Waals surface area (Å²) in [6, 6.07) is 19.6. The monoisotopic (exact) mass is 492 g/mol. The molecule has 0 saturated carbocycles. The lowest BCUT2D eigenvalue weighted by Gasteiger charge is -2.18. The SMILES string of the molecule is CCOc1cc(/C=C(\C#N)c2nc3cc(C)c(C)cc3[nH]2)ccc1OCC(=O)N1CCc2ccccc21. The molecule has 1 aromatic heterocycles. The van der Waals surface area contributed by atoms with Crippen LogP contribution in [0, 0.1) is 25.2 Å². The third-order valence-corrected chi connectivity index (χ3v) is 6.59. The second-order valence-electron chi connectivity index (χ2n) is 9.06. The summed E-state index contributed by atoms with van der Waals surface area (Å²) in [5.41, 5.74) is 7.32. The summed E-state index contributed by atoms with van der Waals surface area (Å²) in [5.74, 6) is 1.41. The Morgan fingerprint density at radius 1 is 1.11 bits per heavy atom. The first-order valence-corrected chi connectivity index (χ1v) is 12.3. The standard InChI is InChI=1S/C30H28N4O3/c1-4-36-28-16-21(15-23(17-31)30-32-24-13-19(2)20(3)14-25(24)33-30)9-10-27(28)37-18-29(35)34-12-11-22-7-5-6-8-26(22)34/h5-10,13-16H,4,11-12,18H2,1-3H3,(H,32,33)/b23-15+. The number of hydrogen-bond donors (Lipinski definition) is 1. The van der Waals surface area contributed by atoms with E-state index in [4.69, 9.17) is 9.47 Å². The van der Waals surface area contributed by atoms with Gasteiger partial charge in [-0.25, -0.2) is 4.98 Å². The lowest BCUT2D eigenvalue weighted by atomic mass is 10.1. The van der Waals surface area contributed by atoms with Gasteiger partial charge in [-0.15, -0.1) is 0 Å². The number of nitrogens with one attached hydrogen (secondary N) is 1. The number of allylic oxidation sites excluding steroid dienone is 1. The second-order valence-corrected chi connectivity index (χ2v) is 9.06. The van der Waals surface area contributed by atoms with Crippen molar-refractivity contribution in [3.8, 4) is 17.6 Å². The van der Waals surface area contributed by atoms with Gasteiger partial charge in [-0.1, -0.05) is 24.3 Å². The minimum atomic E-state index is -0.0986. The number of aromatic amines is 1. The van der Waals surface area contributed by atoms with Gasteiger partial charge >= 0.3 is 0 Å². The second kappa shape index (κ2) is 10.2. The smallest absolute Gasteiger partial charge is 0.264 e. The molecule has 0 radical (unpaired) electrons. The lowest BCUT2D eigenvalue weighted by Crippen LogP contribution is -2.33. The number of carbonyl (C=O) groups excluding carboxylic acids is 1. The van der Waals surface area contributed by atoms with Crippen LogP contribution in [-0.4, -0.2) is 35.6 Å². The minimum Gasteiger partial charge on any atom is -0.490 e. The molecule has 186 valence electrons. The molecule has 4 aromatic rings. The molecule has 1 N–H and O–H groups in total. The number of nitrogens with zero attached hydrogens (tertiary/aromatic N) is 3. The molecule has 0 saturated heterocycles. The number of amides is 1. The van der Waals surface area contributed by atoms with Crippen LogP contribution < -0.4 is 14.4 Å². The van der Waals surface area contributed by atoms with E-state index in [-0.39, 0.29) is 12.5 Å². The first-order chi connectivity index (χ1) is 18.0. The summed E-state index contributed by atoms with van der Waals surface area (Å²) in [6.45, 7) is 6.97. The number of rotatable bonds is 7. The molecule has 1 amide bonds. The summed E-state index contributed by atoms with van der Waals surface area (Å²) in [5, 5.41) is 9.84. The Morgan fingerprint density at radius 3 is 2.73 bits per heavy atom. The molecule has 7 heteroatoms. The molecule has 0 spiro atoms. The normalized spacial score (nSPS) is 12.9. The van der Waals surface area contributed by atoms with E-state index in [0.717, 1.165) is 39.8 Å². The van der Waals surface area contributed by atoms with Gasteiger partial charge in [0.15, 0.2) is 18.1 Å². The maximum atomic E-state index is 12.9. The number of para-hydroxylation sites is 1. The fraction of sp³-hybridized carbons (Fsp3) is 0.233. The molecule has 0 bridgehead atoms. The highest BCUT2D eigenvalue weighted by Gasteiger charge is 2.24. The van der Waals surface area contributed by atoms with Crippen LogP contribution in [0.4, 0.5) is 5.69 Å². The predicted octanol–water partition coefficient (Wildman–Crippen LogP) is 5.61. The number of anilines is 1. The molecule has 7 nitrogen and oxygen atoms in total. The van der Waals surface area contributed by atoms with Crippen LogP contribution in [-0.2, 0) is 11.2 Å². The summed E-state index contributed by atoms with van der Waals surface area (Å²) in [7, 11) is 0. The van der Waals surface area contributed by atoms with Crippen molar-refractivity contribution in [1.82, 2.24) is 9.97 Å². The van der Waals surface area contributed by atoms with Crippen molar-refractivity contribution in [3.63, 3.8) is 0 Å². The Hall–Kier alpha value is -4.57. The van der Waals surface area contributed by atoms with Crippen molar-refractivity contribution in [2.75, 3.05) is 24.7 Å². The highest BCUT2D eigenvalue weighted by molar-refractivity contribution is 5.96. The molecule has 1 aliphatic heterocycles. The first-order valence-electron chi connectivity index (χ1n) is 12.3. The van der Waals surface area contributed by atoms with Crippen LogP contribution in [0.15, 0.2) is 54.6 Å². The van der Waals surface area contributed by atoms with Gasteiger partial charge in [-0.05, 0) is 85.9 Å². The molecule has 2 heterocycles. The fourth-order valence-electron chi connectivity index (χ4n) is 4.53. The van der Waals surface area contributed by atoms with Gasteiger partial charge in [0, 0.05) is 12.2 Å². The Balaban J connectivity index is 1.36. The quantitative estimate of drug-likeness (QED) is 0.339. The molecular formula is C30H28N4O3. The van der Waals surface area contributed by atoms with E-state index in [1.807, 2.05) is 69.3 Å². The Bertz CT molecular complexity index is 1520. The molecule has 37 heavy (non-hydrogen) atoms. The predicted molar refractivity (Wildman–Crippen MR) is 145 cm³/mol. The lowest BCUT2D eigenvalue weighted by molar-refractivity contribution is -0.120. The zero-order valence-electron chi connectivity index (χ0n) is 21.2. The summed E-state index contributed by atoms with van der Waals surface area (Å²) < 4.78 is 11.7. The zero-order chi connectivity index (χ0) is 25.9. The third-order valence-electron chi connectivity index (χ3n) is 6.59. The van der Waals surface area contributed by atoms with Crippen LogP contribution in [0.3, 0.4) is 0 Å². The number of ether oxygens (including phenoxy) is 2. The van der Waals surface area contributed by atoms with E-state index >= 15 is 0 Å². The van der Waals surface area contributed by atoms with E-state index in [0.29, 0.717) is 36.0 Å². The Kier molecular flexibility index (Phi) is 6.65. The van der Waals surface area contributed by atoms with Gasteiger partial charge in [-0.3, -0.25) is 4.79 Å². The third kappa shape index (κ3) is 4.91. The maximum Gasteiger partial charge on any atom is 0.264 e. The van der Waals surface area contributed by atoms with E-state index in [9.17, 15) is 10.1 Å². The minimum absolute atomic E-state index is 0.0924. The molecule has 0 aliphatic carbocycles. The first kappa shape index (κ1) is 24.1. The number of imidazole rings is 1. The summed E-state index contributed by atoms with van der Waals surface area (Å²) >= 11 is 0. The van der Waals surface area contributed by atoms with Crippen LogP contribution in [0.1, 0.15) is 35.0 Å². The van der Waals surface area contributed by atoms with Gasteiger partial charge in [0.05, 0.1) is 23.2 Å². The number of carbonyl (C=O) groups is 1. The highest BCUT2D eigenvalue weighted by Crippen LogP contribution is 2.32. The van der Waals surface area contributed by atoms with E-state index in [2.05, 4.69) is 16.0 Å². The Labute approximate surface area is 216 Å². The van der Waals surface area contributed by atoms with Crippen LogP contribution in [0.5, 0.6) is 11.5 Å². The number of benzene rings is 3. The van der Waals surface area contributed by atoms with E-state index < -0.39 is 0 Å². The largest absolute Gasteiger partial charge is 0.490 e. The summed E-state index contributed by atoms with van der Waals surface area (Å²) in [6.07, 6.45) is 2.61. The van der Waals surface area contributed by atoms with Gasteiger partial charge in [-0.2, -0.15) is 5.26 Å². The van der Waals surface area contributed by atoms with E-state index in [1.54, 1.807) is 17.0 Å². The summed E-state index contributed by atoms with van der Waals surface area (Å²) in [4.78, 5) is 22.5. The molecule has 0 atom stereocenters. The maximum absolute atomic E-state index is 12.9. The van der Waals surface area contributed by atoms with Gasteiger partial charge in [0.25, 0.3) is 5.91 Å². The zero-order valence-corrected chi connectivity index (χ0v) is 21.2. The van der Waals surface area contributed by atoms with Crippen molar-refractivity contribution in [2.24, 2.45) is 0 Å². The van der Waals surface area contributed by atoms with Crippen molar-refractivity contribution < 1.29 is 14.3 Å². The average molecular weight is 493 g/mol. The molecule has 3 aromatic carbocycles. The van der Waals surface area contributed by atoms with Crippen LogP contribution in [0.2, 0.25) is 0 Å².